The number of hydrogen-bond acceptors (Lipinski definition) is 4. The summed E-state index contributed by atoms with van der Waals surface area (Å²) in [5.41, 5.74) is 0.148. The molecule has 0 N–H and O–H groups in total. The van der Waals surface area contributed by atoms with Crippen molar-refractivity contribution < 1.29 is 18.0 Å². The van der Waals surface area contributed by atoms with E-state index in [2.05, 4.69) is 15.9 Å². The zero-order valence-electron chi connectivity index (χ0n) is 10.6. The van der Waals surface area contributed by atoms with Crippen LogP contribution in [0.15, 0.2) is 23.1 Å². The molecule has 1 aromatic rings. The summed E-state index contributed by atoms with van der Waals surface area (Å²) in [6.45, 7) is 0. The largest absolute Gasteiger partial charge is 0.298 e. The Morgan fingerprint density at radius 1 is 1.35 bits per heavy atom. The fourth-order valence-electron chi connectivity index (χ4n) is 1.77. The maximum absolute atomic E-state index is 12.2. The van der Waals surface area contributed by atoms with E-state index < -0.39 is 20.4 Å². The molecule has 1 aliphatic carbocycles. The van der Waals surface area contributed by atoms with Gasteiger partial charge in [0.15, 0.2) is 21.4 Å². The molecule has 0 aliphatic heterocycles. The number of carbonyl (C=O) groups is 2. The second kappa shape index (κ2) is 5.58. The van der Waals surface area contributed by atoms with Gasteiger partial charge >= 0.3 is 0 Å². The van der Waals surface area contributed by atoms with Crippen molar-refractivity contribution in [2.45, 2.75) is 22.6 Å². The number of halogens is 2. The second-order valence-electron chi connectivity index (χ2n) is 4.82. The lowest BCUT2D eigenvalue weighted by Gasteiger charge is -2.09. The number of rotatable bonds is 5. The Hall–Kier alpha value is -0.720. The molecular formula is C13H12BrClO4S. The third-order valence-electron chi connectivity index (χ3n) is 3.09. The molecule has 0 saturated heterocycles. The van der Waals surface area contributed by atoms with Crippen molar-refractivity contribution in [2.75, 3.05) is 6.26 Å². The molecule has 0 amide bonds. The van der Waals surface area contributed by atoms with Gasteiger partial charge in [0.2, 0.25) is 0 Å². The summed E-state index contributed by atoms with van der Waals surface area (Å²) in [6, 6.07) is 3.89. The number of sulfone groups is 1. The molecule has 1 atom stereocenters. The van der Waals surface area contributed by atoms with Crippen LogP contribution in [-0.2, 0) is 14.6 Å². The summed E-state index contributed by atoms with van der Waals surface area (Å²) >= 11 is 9.06. The normalized spacial score (nSPS) is 16.8. The Kier molecular flexibility index (Phi) is 4.37. The van der Waals surface area contributed by atoms with Crippen molar-refractivity contribution in [3.05, 3.63) is 28.8 Å². The van der Waals surface area contributed by atoms with Crippen LogP contribution in [0.1, 0.15) is 23.2 Å². The zero-order chi connectivity index (χ0) is 15.1. The number of Topliss-reactive ketones (excluding diaryl/α,β-unsaturated/α-hetero) is 2. The Labute approximate surface area is 130 Å². The maximum Gasteiger partial charge on any atom is 0.185 e. The van der Waals surface area contributed by atoms with Gasteiger partial charge in [-0.15, -0.1) is 0 Å². The van der Waals surface area contributed by atoms with Crippen molar-refractivity contribution in [3.8, 4) is 0 Å². The molecule has 1 aliphatic rings. The minimum Gasteiger partial charge on any atom is -0.298 e. The van der Waals surface area contributed by atoms with Gasteiger partial charge in [-0.25, -0.2) is 8.42 Å². The molecule has 4 nitrogen and oxygen atoms in total. The van der Waals surface area contributed by atoms with Crippen molar-refractivity contribution in [1.82, 2.24) is 0 Å². The van der Waals surface area contributed by atoms with Gasteiger partial charge in [-0.2, -0.15) is 0 Å². The smallest absolute Gasteiger partial charge is 0.185 e. The van der Waals surface area contributed by atoms with Crippen LogP contribution >= 0.6 is 27.5 Å². The van der Waals surface area contributed by atoms with Gasteiger partial charge in [0.05, 0.1) is 9.92 Å². The molecular weight excluding hydrogens is 368 g/mol. The topological polar surface area (TPSA) is 68.3 Å². The van der Waals surface area contributed by atoms with Gasteiger partial charge in [0.1, 0.15) is 4.83 Å². The summed E-state index contributed by atoms with van der Waals surface area (Å²) < 4.78 is 22.8. The molecule has 0 bridgehead atoms. The van der Waals surface area contributed by atoms with E-state index in [-0.39, 0.29) is 27.2 Å². The first-order chi connectivity index (χ1) is 9.21. The highest BCUT2D eigenvalue weighted by Crippen LogP contribution is 2.34. The first-order valence-electron chi connectivity index (χ1n) is 5.93. The number of ketones is 2. The molecule has 2 rings (SSSR count). The zero-order valence-corrected chi connectivity index (χ0v) is 13.8. The summed E-state index contributed by atoms with van der Waals surface area (Å²) in [6.07, 6.45) is 2.69. The molecule has 7 heteroatoms. The lowest BCUT2D eigenvalue weighted by atomic mass is 10.0. The van der Waals surface area contributed by atoms with Gasteiger partial charge in [-0.05, 0) is 31.0 Å². The van der Waals surface area contributed by atoms with Gasteiger partial charge in [0, 0.05) is 17.7 Å². The highest BCUT2D eigenvalue weighted by Gasteiger charge is 2.37. The fraction of sp³-hybridized carbons (Fsp3) is 0.385. The van der Waals surface area contributed by atoms with Crippen molar-refractivity contribution in [1.29, 1.82) is 0 Å². The van der Waals surface area contributed by atoms with Gasteiger partial charge in [-0.1, -0.05) is 27.5 Å². The summed E-state index contributed by atoms with van der Waals surface area (Å²) in [5.74, 6) is -0.623. The molecule has 1 saturated carbocycles. The monoisotopic (exact) mass is 378 g/mol. The minimum atomic E-state index is -3.38. The highest BCUT2D eigenvalue weighted by atomic mass is 79.9. The summed E-state index contributed by atoms with van der Waals surface area (Å²) in [4.78, 5) is 23.2. The van der Waals surface area contributed by atoms with Crippen LogP contribution in [0.25, 0.3) is 0 Å². The number of hydrogen-bond donors (Lipinski definition) is 0. The third-order valence-corrected chi connectivity index (χ3v) is 5.38. The molecule has 1 unspecified atom stereocenters. The SMILES string of the molecule is CS(=O)(=O)c1ccc(C(=O)C(Br)C(=O)C2CC2)c(Cl)c1. The van der Waals surface area contributed by atoms with E-state index in [0.717, 1.165) is 19.1 Å². The Morgan fingerprint density at radius 2 is 1.95 bits per heavy atom. The van der Waals surface area contributed by atoms with E-state index in [1.54, 1.807) is 0 Å². The lowest BCUT2D eigenvalue weighted by molar-refractivity contribution is -0.118. The molecule has 108 valence electrons. The predicted molar refractivity (Wildman–Crippen MR) is 79.3 cm³/mol. The van der Waals surface area contributed by atoms with Crippen LogP contribution in [0, 0.1) is 5.92 Å². The van der Waals surface area contributed by atoms with Crippen LogP contribution in [0.4, 0.5) is 0 Å². The Bertz CT molecular complexity index is 680. The standard InChI is InChI=1S/C13H12BrClO4S/c1-20(18,19)8-4-5-9(10(15)6-8)13(17)11(14)12(16)7-2-3-7/h4-7,11H,2-3H2,1H3. The average molecular weight is 380 g/mol. The molecule has 0 aromatic heterocycles. The third kappa shape index (κ3) is 3.30. The Balaban J connectivity index is 2.28. The van der Waals surface area contributed by atoms with Crippen molar-refractivity contribution >= 4 is 48.9 Å². The van der Waals surface area contributed by atoms with Crippen LogP contribution < -0.4 is 0 Å². The summed E-state index contributed by atoms with van der Waals surface area (Å²) in [7, 11) is -3.38. The first-order valence-corrected chi connectivity index (χ1v) is 9.12. The molecule has 1 fully saturated rings. The van der Waals surface area contributed by atoms with E-state index in [0.29, 0.717) is 0 Å². The maximum atomic E-state index is 12.2. The van der Waals surface area contributed by atoms with E-state index in [4.69, 9.17) is 11.6 Å². The van der Waals surface area contributed by atoms with Crippen LogP contribution in [-0.4, -0.2) is 31.1 Å². The average Bonchev–Trinajstić information content (AvgIpc) is 3.19. The van der Waals surface area contributed by atoms with E-state index in [1.807, 2.05) is 0 Å². The van der Waals surface area contributed by atoms with Gasteiger partial charge in [-0.3, -0.25) is 9.59 Å². The number of benzene rings is 1. The first kappa shape index (κ1) is 15.7. The van der Waals surface area contributed by atoms with Crippen LogP contribution in [0.2, 0.25) is 5.02 Å². The summed E-state index contributed by atoms with van der Waals surface area (Å²) in [5, 5.41) is 0.0333. The number of carbonyl (C=O) groups excluding carboxylic acids is 2. The van der Waals surface area contributed by atoms with Gasteiger partial charge in [0.25, 0.3) is 0 Å². The minimum absolute atomic E-state index is 0.0333. The molecule has 1 aromatic carbocycles. The number of alkyl halides is 1. The Morgan fingerprint density at radius 3 is 2.40 bits per heavy atom. The molecule has 20 heavy (non-hydrogen) atoms. The van der Waals surface area contributed by atoms with Crippen LogP contribution in [0.5, 0.6) is 0 Å². The highest BCUT2D eigenvalue weighted by molar-refractivity contribution is 9.10. The second-order valence-corrected chi connectivity index (χ2v) is 8.16. The van der Waals surface area contributed by atoms with E-state index in [9.17, 15) is 18.0 Å². The molecule has 0 spiro atoms. The molecule has 0 heterocycles. The fourth-order valence-corrected chi connectivity index (χ4v) is 3.37. The molecule has 0 radical (unpaired) electrons. The predicted octanol–water partition coefficient (Wildman–Crippen LogP) is 2.67. The lowest BCUT2D eigenvalue weighted by Crippen LogP contribution is -2.26. The van der Waals surface area contributed by atoms with E-state index in [1.165, 1.54) is 18.2 Å². The van der Waals surface area contributed by atoms with Crippen molar-refractivity contribution in [3.63, 3.8) is 0 Å². The quantitative estimate of drug-likeness (QED) is 0.448. The van der Waals surface area contributed by atoms with Crippen molar-refractivity contribution in [2.24, 2.45) is 5.92 Å². The van der Waals surface area contributed by atoms with E-state index >= 15 is 0 Å². The van der Waals surface area contributed by atoms with Crippen LogP contribution in [0.3, 0.4) is 0 Å². The van der Waals surface area contributed by atoms with Gasteiger partial charge < -0.3 is 0 Å².